The summed E-state index contributed by atoms with van der Waals surface area (Å²) in [6.45, 7) is 7.81. The largest absolute Gasteiger partial charge is 0.480 e. The molecule has 0 unspecified atom stereocenters. The van der Waals surface area contributed by atoms with Gasteiger partial charge in [0.2, 0.25) is 5.88 Å². The van der Waals surface area contributed by atoms with Crippen molar-refractivity contribution >= 4 is 27.1 Å². The SMILES string of the molecule is C=C(Nc1cnc(OC)c(S(=O)(=O)Nc2c(C)cccc2C)c1)c1ccnc(-c2ccccc2)c1. The van der Waals surface area contributed by atoms with Crippen LogP contribution < -0.4 is 14.8 Å². The number of benzene rings is 2. The van der Waals surface area contributed by atoms with Crippen molar-refractivity contribution in [2.45, 2.75) is 18.7 Å². The van der Waals surface area contributed by atoms with Gasteiger partial charge in [-0.3, -0.25) is 9.71 Å². The number of aryl methyl sites for hydroxylation is 2. The van der Waals surface area contributed by atoms with Crippen molar-refractivity contribution in [3.8, 4) is 17.1 Å². The Labute approximate surface area is 205 Å². The maximum Gasteiger partial charge on any atom is 0.267 e. The maximum atomic E-state index is 13.3. The van der Waals surface area contributed by atoms with Crippen LogP contribution >= 0.6 is 0 Å². The van der Waals surface area contributed by atoms with Gasteiger partial charge in [0, 0.05) is 23.0 Å². The van der Waals surface area contributed by atoms with Crippen molar-refractivity contribution in [1.29, 1.82) is 0 Å². The summed E-state index contributed by atoms with van der Waals surface area (Å²) in [5.41, 5.74) is 5.79. The molecule has 0 atom stereocenters. The first-order valence-electron chi connectivity index (χ1n) is 10.9. The lowest BCUT2D eigenvalue weighted by molar-refractivity contribution is 0.385. The topological polar surface area (TPSA) is 93.2 Å². The molecule has 7 nitrogen and oxygen atoms in total. The first-order valence-corrected chi connectivity index (χ1v) is 12.4. The molecule has 0 radical (unpaired) electrons. The summed E-state index contributed by atoms with van der Waals surface area (Å²) < 4.78 is 34.5. The number of methoxy groups -OCH3 is 1. The molecule has 0 aliphatic carbocycles. The number of ether oxygens (including phenoxy) is 1. The molecular weight excluding hydrogens is 460 g/mol. The van der Waals surface area contributed by atoms with Crippen LogP contribution in [0.5, 0.6) is 5.88 Å². The summed E-state index contributed by atoms with van der Waals surface area (Å²) in [4.78, 5) is 8.56. The molecule has 0 saturated heterocycles. The highest BCUT2D eigenvalue weighted by molar-refractivity contribution is 7.92. The van der Waals surface area contributed by atoms with Gasteiger partial charge in [0.25, 0.3) is 10.0 Å². The predicted molar refractivity (Wildman–Crippen MR) is 140 cm³/mol. The zero-order valence-electron chi connectivity index (χ0n) is 19.7. The van der Waals surface area contributed by atoms with Gasteiger partial charge in [-0.05, 0) is 43.2 Å². The first-order chi connectivity index (χ1) is 16.8. The van der Waals surface area contributed by atoms with E-state index in [-0.39, 0.29) is 10.8 Å². The second-order valence-corrected chi connectivity index (χ2v) is 9.65. The van der Waals surface area contributed by atoms with E-state index < -0.39 is 10.0 Å². The fourth-order valence-corrected chi connectivity index (χ4v) is 4.99. The van der Waals surface area contributed by atoms with E-state index in [0.717, 1.165) is 27.9 Å². The van der Waals surface area contributed by atoms with Crippen LogP contribution in [0, 0.1) is 13.8 Å². The molecule has 0 aliphatic rings. The Bertz CT molecular complexity index is 1470. The molecule has 0 spiro atoms. The predicted octanol–water partition coefficient (Wildman–Crippen LogP) is 5.65. The minimum atomic E-state index is -3.98. The van der Waals surface area contributed by atoms with Crippen LogP contribution in [0.1, 0.15) is 16.7 Å². The highest BCUT2D eigenvalue weighted by atomic mass is 32.2. The van der Waals surface area contributed by atoms with Crippen LogP contribution in [0.25, 0.3) is 17.0 Å². The third-order valence-corrected chi connectivity index (χ3v) is 6.84. The maximum absolute atomic E-state index is 13.3. The minimum absolute atomic E-state index is 0.00447. The van der Waals surface area contributed by atoms with Crippen molar-refractivity contribution < 1.29 is 13.2 Å². The smallest absolute Gasteiger partial charge is 0.267 e. The molecule has 0 aliphatic heterocycles. The van der Waals surface area contributed by atoms with Crippen molar-refractivity contribution in [3.63, 3.8) is 0 Å². The van der Waals surface area contributed by atoms with Crippen molar-refractivity contribution in [2.24, 2.45) is 0 Å². The van der Waals surface area contributed by atoms with Gasteiger partial charge in [-0.1, -0.05) is 55.1 Å². The second-order valence-electron chi connectivity index (χ2n) is 8.00. The highest BCUT2D eigenvalue weighted by Gasteiger charge is 2.23. The average molecular weight is 487 g/mol. The molecule has 2 heterocycles. The Hall–Kier alpha value is -4.17. The normalized spacial score (nSPS) is 11.1. The minimum Gasteiger partial charge on any atom is -0.480 e. The molecule has 4 aromatic rings. The van der Waals surface area contributed by atoms with E-state index in [0.29, 0.717) is 17.1 Å². The van der Waals surface area contributed by atoms with Gasteiger partial charge >= 0.3 is 0 Å². The summed E-state index contributed by atoms with van der Waals surface area (Å²) >= 11 is 0. The van der Waals surface area contributed by atoms with Gasteiger partial charge < -0.3 is 10.1 Å². The molecular formula is C27H26N4O3S. The number of sulfonamides is 1. The van der Waals surface area contributed by atoms with Crippen LogP contribution in [0.3, 0.4) is 0 Å². The van der Waals surface area contributed by atoms with Gasteiger partial charge in [0.1, 0.15) is 0 Å². The third-order valence-electron chi connectivity index (χ3n) is 5.49. The van der Waals surface area contributed by atoms with E-state index in [1.54, 1.807) is 6.20 Å². The van der Waals surface area contributed by atoms with Crippen LogP contribution in [-0.2, 0) is 10.0 Å². The highest BCUT2D eigenvalue weighted by Crippen LogP contribution is 2.30. The molecule has 4 rings (SSSR count). The van der Waals surface area contributed by atoms with Gasteiger partial charge in [-0.2, -0.15) is 0 Å². The number of pyridine rings is 2. The van der Waals surface area contributed by atoms with E-state index in [2.05, 4.69) is 26.6 Å². The second kappa shape index (κ2) is 9.99. The van der Waals surface area contributed by atoms with E-state index in [1.165, 1.54) is 19.4 Å². The molecule has 178 valence electrons. The molecule has 8 heteroatoms. The number of anilines is 2. The van der Waals surface area contributed by atoms with Crippen molar-refractivity contribution in [1.82, 2.24) is 9.97 Å². The Morgan fingerprint density at radius 3 is 2.34 bits per heavy atom. The number of para-hydroxylation sites is 1. The Morgan fingerprint density at radius 1 is 0.943 bits per heavy atom. The summed E-state index contributed by atoms with van der Waals surface area (Å²) in [7, 11) is -2.60. The monoisotopic (exact) mass is 486 g/mol. The Balaban J connectivity index is 1.62. The van der Waals surface area contributed by atoms with Crippen LogP contribution in [-0.4, -0.2) is 25.5 Å². The zero-order valence-corrected chi connectivity index (χ0v) is 20.6. The summed E-state index contributed by atoms with van der Waals surface area (Å²) in [5.74, 6) is -0.00447. The number of hydrogen-bond acceptors (Lipinski definition) is 6. The number of nitrogens with one attached hydrogen (secondary N) is 2. The van der Waals surface area contributed by atoms with Crippen LogP contribution in [0.2, 0.25) is 0 Å². The molecule has 0 saturated carbocycles. The number of nitrogens with zero attached hydrogens (tertiary/aromatic N) is 2. The lowest BCUT2D eigenvalue weighted by Gasteiger charge is -2.16. The number of aromatic nitrogens is 2. The van der Waals surface area contributed by atoms with E-state index in [1.807, 2.05) is 74.5 Å². The van der Waals surface area contributed by atoms with Crippen molar-refractivity contribution in [3.05, 3.63) is 102 Å². The van der Waals surface area contributed by atoms with Gasteiger partial charge in [0.15, 0.2) is 4.90 Å². The standard InChI is InChI=1S/C27H26N4O3S/c1-18-9-8-10-19(2)26(18)31-35(32,33)25-16-23(17-29-27(25)34-4)30-20(3)22-13-14-28-24(15-22)21-11-6-5-7-12-21/h5-17,30-31H,3H2,1-2,4H3. The fourth-order valence-electron chi connectivity index (χ4n) is 3.64. The zero-order chi connectivity index (χ0) is 25.0. The lowest BCUT2D eigenvalue weighted by atomic mass is 10.1. The average Bonchev–Trinajstić information content (AvgIpc) is 2.87. The molecule has 0 bridgehead atoms. The Morgan fingerprint density at radius 2 is 1.66 bits per heavy atom. The molecule has 2 aromatic heterocycles. The third kappa shape index (κ3) is 5.33. The van der Waals surface area contributed by atoms with Gasteiger partial charge in [-0.15, -0.1) is 0 Å². The van der Waals surface area contributed by atoms with Crippen LogP contribution in [0.15, 0.2) is 90.6 Å². The van der Waals surface area contributed by atoms with Gasteiger partial charge in [-0.25, -0.2) is 13.4 Å². The van der Waals surface area contributed by atoms with E-state index in [9.17, 15) is 8.42 Å². The summed E-state index contributed by atoms with van der Waals surface area (Å²) in [5, 5.41) is 3.15. The quantitative estimate of drug-likeness (QED) is 0.334. The Kier molecular flexibility index (Phi) is 6.84. The molecule has 0 fully saturated rings. The number of hydrogen-bond donors (Lipinski definition) is 2. The van der Waals surface area contributed by atoms with Crippen LogP contribution in [0.4, 0.5) is 11.4 Å². The van der Waals surface area contributed by atoms with E-state index >= 15 is 0 Å². The summed E-state index contributed by atoms with van der Waals surface area (Å²) in [6.07, 6.45) is 3.21. The van der Waals surface area contributed by atoms with Crippen molar-refractivity contribution in [2.75, 3.05) is 17.1 Å². The summed E-state index contributed by atoms with van der Waals surface area (Å²) in [6, 6.07) is 20.6. The van der Waals surface area contributed by atoms with E-state index in [4.69, 9.17) is 4.74 Å². The fraction of sp³-hybridized carbons (Fsp3) is 0.111. The molecule has 2 aromatic carbocycles. The molecule has 0 amide bonds. The molecule has 2 N–H and O–H groups in total. The van der Waals surface area contributed by atoms with Gasteiger partial charge in [0.05, 0.1) is 30.4 Å². The number of rotatable bonds is 8. The first kappa shape index (κ1) is 24.0. The lowest BCUT2D eigenvalue weighted by Crippen LogP contribution is -2.16. The molecule has 35 heavy (non-hydrogen) atoms.